The van der Waals surface area contributed by atoms with E-state index in [1.54, 1.807) is 24.3 Å². The van der Waals surface area contributed by atoms with Crippen LogP contribution in [-0.4, -0.2) is 0 Å². The Labute approximate surface area is 134 Å². The number of ether oxygens (including phenoxy) is 1. The van der Waals surface area contributed by atoms with Gasteiger partial charge in [0.15, 0.2) is 5.75 Å². The van der Waals surface area contributed by atoms with Crippen LogP contribution in [0.3, 0.4) is 0 Å². The molecule has 2 aromatic carbocycles. The third kappa shape index (κ3) is 2.96. The maximum absolute atomic E-state index is 9.06. The summed E-state index contributed by atoms with van der Waals surface area (Å²) in [6.45, 7) is 0. The molecule has 2 N–H and O–H groups in total. The molecule has 0 aliphatic heterocycles. The van der Waals surface area contributed by atoms with Gasteiger partial charge in [-0.15, -0.1) is 0 Å². The van der Waals surface area contributed by atoms with Crippen LogP contribution >= 0.6 is 34.2 Å². The molecule has 0 heterocycles. The normalized spacial score (nSPS) is 9.60. The highest BCUT2D eigenvalue weighted by Gasteiger charge is 2.12. The Kier molecular flexibility index (Phi) is 4.33. The number of nitrogen functional groups attached to an aromatic ring is 1. The first-order valence-corrected chi connectivity index (χ1v) is 6.87. The Morgan fingerprint density at radius 1 is 1.15 bits per heavy atom. The minimum atomic E-state index is 0.328. The van der Waals surface area contributed by atoms with Crippen molar-refractivity contribution in [3.05, 3.63) is 50.1 Å². The number of benzene rings is 2. The minimum Gasteiger partial charge on any atom is -0.453 e. The summed E-state index contributed by atoms with van der Waals surface area (Å²) >= 11 is 7.92. The third-order valence-corrected chi connectivity index (χ3v) is 3.51. The lowest BCUT2D eigenvalue weighted by Crippen LogP contribution is -1.97. The number of nitrogens with zero attached hydrogens (tertiary/aromatic N) is 2. The molecule has 2 rings (SSSR count). The maximum Gasteiger partial charge on any atom is 0.163 e. The molecule has 0 bridgehead atoms. The molecule has 0 unspecified atom stereocenters. The molecule has 2 aromatic rings. The van der Waals surface area contributed by atoms with E-state index in [1.165, 1.54) is 6.07 Å². The van der Waals surface area contributed by atoms with Crippen molar-refractivity contribution >= 4 is 39.9 Å². The summed E-state index contributed by atoms with van der Waals surface area (Å²) in [6.07, 6.45) is 0. The highest BCUT2D eigenvalue weighted by atomic mass is 127. The number of hydrogen-bond donors (Lipinski definition) is 1. The molecule has 0 amide bonds. The fourth-order valence-corrected chi connectivity index (χ4v) is 2.49. The van der Waals surface area contributed by atoms with Crippen molar-refractivity contribution in [1.29, 1.82) is 10.5 Å². The van der Waals surface area contributed by atoms with Crippen LogP contribution in [0.15, 0.2) is 30.3 Å². The second-order valence-electron chi connectivity index (χ2n) is 3.84. The summed E-state index contributed by atoms with van der Waals surface area (Å²) in [7, 11) is 0. The van der Waals surface area contributed by atoms with E-state index in [2.05, 4.69) is 0 Å². The zero-order chi connectivity index (χ0) is 14.7. The second kappa shape index (κ2) is 6.00. The molecule has 0 aliphatic rings. The van der Waals surface area contributed by atoms with E-state index in [0.717, 1.165) is 0 Å². The van der Waals surface area contributed by atoms with Crippen LogP contribution in [0, 0.1) is 26.2 Å². The molecule has 0 aliphatic carbocycles. The van der Waals surface area contributed by atoms with Gasteiger partial charge in [-0.05, 0) is 46.9 Å². The molecule has 0 radical (unpaired) electrons. The lowest BCUT2D eigenvalue weighted by Gasteiger charge is -2.12. The van der Waals surface area contributed by atoms with Crippen molar-refractivity contribution in [2.24, 2.45) is 0 Å². The van der Waals surface area contributed by atoms with E-state index in [1.807, 2.05) is 34.7 Å². The maximum atomic E-state index is 9.06. The van der Waals surface area contributed by atoms with Gasteiger partial charge in [0.25, 0.3) is 0 Å². The molecule has 4 nitrogen and oxygen atoms in total. The van der Waals surface area contributed by atoms with Gasteiger partial charge >= 0.3 is 0 Å². The summed E-state index contributed by atoms with van der Waals surface area (Å²) in [5.74, 6) is 0.734. The van der Waals surface area contributed by atoms with E-state index < -0.39 is 0 Å². The molecule has 0 aromatic heterocycles. The van der Waals surface area contributed by atoms with Crippen molar-refractivity contribution in [3.63, 3.8) is 0 Å². The fraction of sp³-hybridized carbons (Fsp3) is 0. The van der Waals surface area contributed by atoms with Crippen LogP contribution in [0.2, 0.25) is 5.02 Å². The molecule has 6 heteroatoms. The van der Waals surface area contributed by atoms with Gasteiger partial charge in [-0.3, -0.25) is 0 Å². The number of anilines is 1. The predicted molar refractivity (Wildman–Crippen MR) is 84.5 cm³/mol. The first-order valence-electron chi connectivity index (χ1n) is 5.41. The van der Waals surface area contributed by atoms with Crippen molar-refractivity contribution in [2.75, 3.05) is 5.73 Å². The topological polar surface area (TPSA) is 82.8 Å². The number of nitriles is 2. The summed E-state index contributed by atoms with van der Waals surface area (Å²) in [5, 5.41) is 18.4. The van der Waals surface area contributed by atoms with Gasteiger partial charge in [0.05, 0.1) is 26.5 Å². The quantitative estimate of drug-likeness (QED) is 0.614. The highest BCUT2D eigenvalue weighted by Crippen LogP contribution is 2.35. The molecule has 0 spiro atoms. The smallest absolute Gasteiger partial charge is 0.163 e. The van der Waals surface area contributed by atoms with Gasteiger partial charge in [-0.2, -0.15) is 10.5 Å². The van der Waals surface area contributed by atoms with E-state index in [9.17, 15) is 0 Å². The Morgan fingerprint density at radius 2 is 1.90 bits per heavy atom. The lowest BCUT2D eigenvalue weighted by atomic mass is 10.2. The zero-order valence-corrected chi connectivity index (χ0v) is 12.9. The second-order valence-corrected chi connectivity index (χ2v) is 5.44. The molecule has 0 fully saturated rings. The summed E-state index contributed by atoms with van der Waals surface area (Å²) in [4.78, 5) is 0. The predicted octanol–water partition coefficient (Wildman–Crippen LogP) is 4.06. The monoisotopic (exact) mass is 395 g/mol. The van der Waals surface area contributed by atoms with Crippen LogP contribution in [-0.2, 0) is 0 Å². The number of nitrogens with two attached hydrogens (primary N) is 1. The summed E-state index contributed by atoms with van der Waals surface area (Å²) < 4.78 is 6.38. The van der Waals surface area contributed by atoms with Crippen LogP contribution in [0.25, 0.3) is 0 Å². The average molecular weight is 396 g/mol. The van der Waals surface area contributed by atoms with Gasteiger partial charge in [-0.1, -0.05) is 11.6 Å². The minimum absolute atomic E-state index is 0.328. The molecule has 98 valence electrons. The average Bonchev–Trinajstić information content (AvgIpc) is 2.42. The third-order valence-electron chi connectivity index (χ3n) is 2.48. The SMILES string of the molecule is N#Cc1cc(N)c(Oc2cc(Cl)ccc2C#N)c(I)c1. The van der Waals surface area contributed by atoms with Crippen LogP contribution in [0.4, 0.5) is 5.69 Å². The van der Waals surface area contributed by atoms with Crippen LogP contribution in [0.1, 0.15) is 11.1 Å². The van der Waals surface area contributed by atoms with Crippen molar-refractivity contribution < 1.29 is 4.74 Å². The van der Waals surface area contributed by atoms with Gasteiger partial charge in [-0.25, -0.2) is 0 Å². The van der Waals surface area contributed by atoms with Crippen molar-refractivity contribution in [3.8, 4) is 23.6 Å². The van der Waals surface area contributed by atoms with E-state index >= 15 is 0 Å². The zero-order valence-electron chi connectivity index (χ0n) is 10.0. The molecular weight excluding hydrogens is 389 g/mol. The van der Waals surface area contributed by atoms with Crippen LogP contribution < -0.4 is 10.5 Å². The van der Waals surface area contributed by atoms with Gasteiger partial charge in [0, 0.05) is 11.1 Å². The van der Waals surface area contributed by atoms with E-state index in [4.69, 9.17) is 32.6 Å². The highest BCUT2D eigenvalue weighted by molar-refractivity contribution is 14.1. The number of rotatable bonds is 2. The first kappa shape index (κ1) is 14.4. The molecular formula is C14H7ClIN3O. The van der Waals surface area contributed by atoms with E-state index in [-0.39, 0.29) is 0 Å². The summed E-state index contributed by atoms with van der Waals surface area (Å²) in [5.41, 5.74) is 7.01. The summed E-state index contributed by atoms with van der Waals surface area (Å²) in [6, 6.07) is 12.0. The van der Waals surface area contributed by atoms with Gasteiger partial charge in [0.1, 0.15) is 11.8 Å². The molecule has 0 atom stereocenters. The Bertz CT molecular complexity index is 739. The number of halogens is 2. The fourth-order valence-electron chi connectivity index (χ4n) is 1.57. The largest absolute Gasteiger partial charge is 0.453 e. The van der Waals surface area contributed by atoms with E-state index in [0.29, 0.717) is 36.9 Å². The molecule has 0 saturated carbocycles. The van der Waals surface area contributed by atoms with Crippen molar-refractivity contribution in [2.45, 2.75) is 0 Å². The Balaban J connectivity index is 2.49. The number of hydrogen-bond acceptors (Lipinski definition) is 4. The van der Waals surface area contributed by atoms with Crippen LogP contribution in [0.5, 0.6) is 11.5 Å². The Morgan fingerprint density at radius 3 is 2.50 bits per heavy atom. The lowest BCUT2D eigenvalue weighted by molar-refractivity contribution is 0.480. The first-order chi connectivity index (χ1) is 9.55. The van der Waals surface area contributed by atoms with Gasteiger partial charge in [0.2, 0.25) is 0 Å². The molecule has 0 saturated heterocycles. The van der Waals surface area contributed by atoms with Crippen molar-refractivity contribution in [1.82, 2.24) is 0 Å². The van der Waals surface area contributed by atoms with Gasteiger partial charge < -0.3 is 10.5 Å². The Hall–Kier alpha value is -1.96. The molecule has 20 heavy (non-hydrogen) atoms. The standard InChI is InChI=1S/C14H7ClIN3O/c15-10-2-1-9(7-18)13(5-10)20-14-11(16)3-8(6-17)4-12(14)19/h1-5H,19H2.